The largest absolute Gasteiger partial charge is 0.311 e. The van der Waals surface area contributed by atoms with E-state index in [2.05, 4.69) is 5.32 Å². The summed E-state index contributed by atoms with van der Waals surface area (Å²) in [6.07, 6.45) is 0. The highest BCUT2D eigenvalue weighted by atomic mass is 35.5. The highest BCUT2D eigenvalue weighted by Crippen LogP contribution is 2.27. The lowest BCUT2D eigenvalue weighted by atomic mass is 10.2. The van der Waals surface area contributed by atoms with Crippen molar-refractivity contribution in [3.8, 4) is 0 Å². The van der Waals surface area contributed by atoms with Crippen molar-refractivity contribution < 1.29 is 8.42 Å². The fourth-order valence-electron chi connectivity index (χ4n) is 2.26. The normalized spacial score (nSPS) is 24.2. The Balaban J connectivity index is 0.00000200. The number of hydrogen-bond donors (Lipinski definition) is 1. The van der Waals surface area contributed by atoms with Gasteiger partial charge in [-0.25, -0.2) is 8.42 Å². The Morgan fingerprint density at radius 2 is 2.00 bits per heavy atom. The number of rotatable bonds is 2. The number of piperazine rings is 1. The smallest absolute Gasteiger partial charge is 0.244 e. The molecular weight excluding hydrogens is 319 g/mol. The molecule has 1 aromatic rings. The molecule has 2 atom stereocenters. The lowest BCUT2D eigenvalue weighted by molar-refractivity contribution is 0.244. The van der Waals surface area contributed by atoms with Gasteiger partial charge < -0.3 is 5.32 Å². The molecule has 0 saturated carbocycles. The topological polar surface area (TPSA) is 49.4 Å². The lowest BCUT2D eigenvalue weighted by Gasteiger charge is -2.36. The van der Waals surface area contributed by atoms with Gasteiger partial charge in [-0.3, -0.25) is 0 Å². The predicted molar refractivity (Wildman–Crippen MR) is 84.3 cm³/mol. The van der Waals surface area contributed by atoms with Crippen molar-refractivity contribution in [1.29, 1.82) is 0 Å². The number of sulfonamides is 1. The Bertz CT molecular complexity index is 578. The van der Waals surface area contributed by atoms with E-state index in [1.165, 1.54) is 4.31 Å². The molecule has 0 spiro atoms. The first-order valence-electron chi connectivity index (χ1n) is 6.33. The molecule has 7 heteroatoms. The molecule has 20 heavy (non-hydrogen) atoms. The minimum Gasteiger partial charge on any atom is -0.311 e. The maximum atomic E-state index is 12.7. The van der Waals surface area contributed by atoms with Gasteiger partial charge in [-0.2, -0.15) is 4.31 Å². The summed E-state index contributed by atoms with van der Waals surface area (Å²) in [5, 5.41) is 3.56. The second kappa shape index (κ2) is 6.62. The average Bonchev–Trinajstić information content (AvgIpc) is 2.31. The van der Waals surface area contributed by atoms with Gasteiger partial charge in [0.05, 0.1) is 5.02 Å². The SMILES string of the molecule is Cc1ccc(S(=O)(=O)N2CC(C)NCC2C)c(Cl)c1.Cl. The third kappa shape index (κ3) is 3.46. The molecule has 0 amide bonds. The number of nitrogens with zero attached hydrogens (tertiary/aromatic N) is 1. The van der Waals surface area contributed by atoms with Crippen LogP contribution in [0.25, 0.3) is 0 Å². The van der Waals surface area contributed by atoms with Crippen LogP contribution in [0.2, 0.25) is 5.02 Å². The van der Waals surface area contributed by atoms with Crippen molar-refractivity contribution in [2.75, 3.05) is 13.1 Å². The first kappa shape index (κ1) is 17.7. The van der Waals surface area contributed by atoms with E-state index >= 15 is 0 Å². The van der Waals surface area contributed by atoms with E-state index in [1.807, 2.05) is 20.8 Å². The van der Waals surface area contributed by atoms with Gasteiger partial charge >= 0.3 is 0 Å². The highest BCUT2D eigenvalue weighted by Gasteiger charge is 2.34. The molecule has 2 unspecified atom stereocenters. The molecular formula is C13H20Cl2N2O2S. The van der Waals surface area contributed by atoms with Gasteiger partial charge in [-0.05, 0) is 38.5 Å². The molecule has 1 fully saturated rings. The molecule has 0 aliphatic carbocycles. The molecule has 1 aliphatic rings. The van der Waals surface area contributed by atoms with Gasteiger partial charge in [-0.15, -0.1) is 12.4 Å². The fourth-order valence-corrected chi connectivity index (χ4v) is 4.56. The summed E-state index contributed by atoms with van der Waals surface area (Å²) in [5.41, 5.74) is 0.950. The van der Waals surface area contributed by atoms with E-state index in [0.717, 1.165) is 5.56 Å². The van der Waals surface area contributed by atoms with Crippen molar-refractivity contribution in [3.63, 3.8) is 0 Å². The number of aryl methyl sites for hydroxylation is 1. The van der Waals surface area contributed by atoms with Gasteiger partial charge in [0.2, 0.25) is 10.0 Å². The number of halogens is 2. The van der Waals surface area contributed by atoms with Crippen LogP contribution in [-0.4, -0.2) is 37.9 Å². The zero-order valence-electron chi connectivity index (χ0n) is 11.8. The summed E-state index contributed by atoms with van der Waals surface area (Å²) in [6.45, 7) is 6.89. The van der Waals surface area contributed by atoms with Crippen LogP contribution in [0.4, 0.5) is 0 Å². The summed E-state index contributed by atoms with van der Waals surface area (Å²) in [7, 11) is -3.53. The van der Waals surface area contributed by atoms with Gasteiger partial charge in [-0.1, -0.05) is 17.7 Å². The first-order valence-corrected chi connectivity index (χ1v) is 8.15. The summed E-state index contributed by atoms with van der Waals surface area (Å²) in [4.78, 5) is 0.195. The third-order valence-electron chi connectivity index (χ3n) is 3.38. The summed E-state index contributed by atoms with van der Waals surface area (Å²) in [5.74, 6) is 0. The zero-order chi connectivity index (χ0) is 14.2. The Hall–Kier alpha value is -0.330. The molecule has 114 valence electrons. The van der Waals surface area contributed by atoms with E-state index in [1.54, 1.807) is 18.2 Å². The van der Waals surface area contributed by atoms with Gasteiger partial charge in [0.25, 0.3) is 0 Å². The Labute approximate surface area is 132 Å². The third-order valence-corrected chi connectivity index (χ3v) is 5.84. The minimum absolute atomic E-state index is 0. The van der Waals surface area contributed by atoms with Crippen LogP contribution in [0.15, 0.2) is 23.1 Å². The summed E-state index contributed by atoms with van der Waals surface area (Å²) >= 11 is 6.10. The average molecular weight is 339 g/mol. The number of hydrogen-bond acceptors (Lipinski definition) is 3. The van der Waals surface area contributed by atoms with Crippen LogP contribution in [-0.2, 0) is 10.0 Å². The molecule has 1 aliphatic heterocycles. The van der Waals surface area contributed by atoms with Gasteiger partial charge in [0.1, 0.15) is 4.90 Å². The van der Waals surface area contributed by atoms with Crippen molar-refractivity contribution in [2.45, 2.75) is 37.8 Å². The Kier molecular flexibility index (Phi) is 5.87. The second-order valence-corrected chi connectivity index (χ2v) is 7.43. The van der Waals surface area contributed by atoms with Crippen LogP contribution >= 0.6 is 24.0 Å². The second-order valence-electron chi connectivity index (χ2n) is 5.17. The van der Waals surface area contributed by atoms with Crippen molar-refractivity contribution in [3.05, 3.63) is 28.8 Å². The first-order chi connectivity index (χ1) is 8.82. The van der Waals surface area contributed by atoms with Crippen LogP contribution in [0.3, 0.4) is 0 Å². The Morgan fingerprint density at radius 1 is 1.35 bits per heavy atom. The van der Waals surface area contributed by atoms with Crippen LogP contribution < -0.4 is 5.32 Å². The molecule has 0 bridgehead atoms. The number of benzene rings is 1. The minimum atomic E-state index is -3.53. The van der Waals surface area contributed by atoms with Crippen LogP contribution in [0.5, 0.6) is 0 Å². The maximum absolute atomic E-state index is 12.7. The van der Waals surface area contributed by atoms with E-state index in [9.17, 15) is 8.42 Å². The zero-order valence-corrected chi connectivity index (χ0v) is 14.1. The van der Waals surface area contributed by atoms with Gasteiger partial charge in [0.15, 0.2) is 0 Å². The molecule has 0 aromatic heterocycles. The summed E-state index contributed by atoms with van der Waals surface area (Å²) in [6, 6.07) is 5.13. The molecule has 1 saturated heterocycles. The molecule has 1 heterocycles. The quantitative estimate of drug-likeness (QED) is 0.900. The van der Waals surface area contributed by atoms with E-state index in [4.69, 9.17) is 11.6 Å². The molecule has 2 rings (SSSR count). The monoisotopic (exact) mass is 338 g/mol. The Morgan fingerprint density at radius 3 is 2.60 bits per heavy atom. The van der Waals surface area contributed by atoms with E-state index < -0.39 is 10.0 Å². The van der Waals surface area contributed by atoms with Crippen LogP contribution in [0, 0.1) is 6.92 Å². The molecule has 1 aromatic carbocycles. The maximum Gasteiger partial charge on any atom is 0.244 e. The molecule has 1 N–H and O–H groups in total. The highest BCUT2D eigenvalue weighted by molar-refractivity contribution is 7.89. The molecule has 4 nitrogen and oxygen atoms in total. The molecule has 0 radical (unpaired) electrons. The lowest BCUT2D eigenvalue weighted by Crippen LogP contribution is -2.56. The summed E-state index contributed by atoms with van der Waals surface area (Å²) < 4.78 is 26.9. The van der Waals surface area contributed by atoms with Gasteiger partial charge in [0, 0.05) is 25.2 Å². The predicted octanol–water partition coefficient (Wildman–Crippen LogP) is 2.44. The van der Waals surface area contributed by atoms with Crippen LogP contribution in [0.1, 0.15) is 19.4 Å². The van der Waals surface area contributed by atoms with Crippen molar-refractivity contribution >= 4 is 34.0 Å². The van der Waals surface area contributed by atoms with E-state index in [-0.39, 0.29) is 29.4 Å². The van der Waals surface area contributed by atoms with E-state index in [0.29, 0.717) is 18.1 Å². The van der Waals surface area contributed by atoms with Crippen molar-refractivity contribution in [1.82, 2.24) is 9.62 Å². The fraction of sp³-hybridized carbons (Fsp3) is 0.538. The van der Waals surface area contributed by atoms with Crippen molar-refractivity contribution in [2.24, 2.45) is 0 Å². The standard InChI is InChI=1S/C13H19ClN2O2S.ClH/c1-9-4-5-13(12(14)6-9)19(17,18)16-8-10(2)15-7-11(16)3;/h4-6,10-11,15H,7-8H2,1-3H3;1H. The number of nitrogens with one attached hydrogen (secondary N) is 1.